The van der Waals surface area contributed by atoms with Crippen molar-refractivity contribution >= 4 is 63.4 Å². The van der Waals surface area contributed by atoms with Crippen molar-refractivity contribution < 1.29 is 22.7 Å². The Bertz CT molecular complexity index is 1500. The van der Waals surface area contributed by atoms with Gasteiger partial charge in [0.25, 0.3) is 0 Å². The summed E-state index contributed by atoms with van der Waals surface area (Å²) in [7, 11) is -4.30. The van der Waals surface area contributed by atoms with Gasteiger partial charge in [-0.2, -0.15) is 8.42 Å². The molecule has 0 radical (unpaired) electrons. The number of ether oxygens (including phenoxy) is 2. The molecule has 1 saturated heterocycles. The van der Waals surface area contributed by atoms with Crippen molar-refractivity contribution in [1.82, 2.24) is 10.0 Å². The van der Waals surface area contributed by atoms with Crippen LogP contribution in [0.15, 0.2) is 54.6 Å². The van der Waals surface area contributed by atoms with Crippen molar-refractivity contribution in [1.29, 1.82) is 5.41 Å². The van der Waals surface area contributed by atoms with Crippen LogP contribution in [-0.2, 0) is 21.4 Å². The van der Waals surface area contributed by atoms with Gasteiger partial charge in [0.05, 0.1) is 18.3 Å². The molecule has 3 aromatic rings. The van der Waals surface area contributed by atoms with Crippen LogP contribution in [0.25, 0.3) is 10.8 Å². The third kappa shape index (κ3) is 6.55. The van der Waals surface area contributed by atoms with Gasteiger partial charge in [-0.15, -0.1) is 24.8 Å². The Labute approximate surface area is 246 Å². The fraction of sp³-hybridized carbons (Fsp3) is 0.333. The Hall–Kier alpha value is -3.25. The molecule has 1 atom stereocenters. The largest absolute Gasteiger partial charge is 0.490 e. The highest BCUT2D eigenvalue weighted by Gasteiger charge is 2.40. The lowest BCUT2D eigenvalue weighted by Gasteiger charge is -2.27. The van der Waals surface area contributed by atoms with Gasteiger partial charge in [-0.05, 0) is 85.1 Å². The van der Waals surface area contributed by atoms with Crippen LogP contribution < -0.4 is 24.8 Å². The number of carbonyl (C=O) groups is 1. The summed E-state index contributed by atoms with van der Waals surface area (Å²) >= 11 is 0. The quantitative estimate of drug-likeness (QED) is 0.232. The third-order valence-corrected chi connectivity index (χ3v) is 8.27. The zero-order valence-corrected chi connectivity index (χ0v) is 24.3. The van der Waals surface area contributed by atoms with Crippen LogP contribution in [0.2, 0.25) is 0 Å². The van der Waals surface area contributed by atoms with E-state index in [1.807, 2.05) is 41.1 Å². The fourth-order valence-corrected chi connectivity index (χ4v) is 6.42. The maximum Gasteiger partial charge on any atom is 0.422 e. The van der Waals surface area contributed by atoms with E-state index in [0.717, 1.165) is 47.8 Å². The summed E-state index contributed by atoms with van der Waals surface area (Å²) in [6, 6.07) is 15.9. The topological polar surface area (TPSA) is 147 Å². The lowest BCUT2D eigenvalue weighted by atomic mass is 9.98. The smallest absolute Gasteiger partial charge is 0.422 e. The first-order valence-electron chi connectivity index (χ1n) is 12.6. The Balaban J connectivity index is 0.00000220. The number of piperidine rings is 1. The molecule has 10 nitrogen and oxygen atoms in total. The minimum absolute atomic E-state index is 0. The maximum atomic E-state index is 13.5. The molecule has 216 valence electrons. The van der Waals surface area contributed by atoms with Crippen LogP contribution in [0.4, 0.5) is 10.5 Å². The van der Waals surface area contributed by atoms with E-state index in [2.05, 4.69) is 5.32 Å². The number of rotatable bonds is 7. The lowest BCUT2D eigenvalue weighted by Crippen LogP contribution is -2.44. The molecule has 1 amide bonds. The number of halogens is 2. The number of nitrogens with one attached hydrogen (secondary N) is 3. The second-order valence-corrected chi connectivity index (χ2v) is 11.0. The molecule has 0 spiro atoms. The molecular formula is C27H33Cl2N5O5S. The molecule has 0 bridgehead atoms. The summed E-state index contributed by atoms with van der Waals surface area (Å²) in [4.78, 5) is 12.1. The maximum absolute atomic E-state index is 13.5. The van der Waals surface area contributed by atoms with E-state index < -0.39 is 22.3 Å². The van der Waals surface area contributed by atoms with Crippen LogP contribution in [-0.4, -0.2) is 46.1 Å². The molecule has 2 aliphatic rings. The van der Waals surface area contributed by atoms with E-state index in [0.29, 0.717) is 23.4 Å². The van der Waals surface area contributed by atoms with E-state index in [4.69, 9.17) is 20.6 Å². The third-order valence-electron chi connectivity index (χ3n) is 6.88. The summed E-state index contributed by atoms with van der Waals surface area (Å²) in [6.07, 6.45) is 1.27. The van der Waals surface area contributed by atoms with E-state index in [-0.39, 0.29) is 43.4 Å². The number of hydrogen-bond acceptors (Lipinski definition) is 7. The average Bonchev–Trinajstić information content (AvgIpc) is 3.28. The molecule has 0 aliphatic carbocycles. The number of amides is 1. The lowest BCUT2D eigenvalue weighted by molar-refractivity contribution is 0.158. The zero-order valence-electron chi connectivity index (χ0n) is 21.9. The SMILES string of the molecule is CCOC(=O)NS(=O)(=O)N1c2ccc(OC3CCNCC3)cc2CC1c1ccc2ccc(C(=N)N)cc2c1.Cl.Cl. The summed E-state index contributed by atoms with van der Waals surface area (Å²) in [6.45, 7) is 3.45. The first-order valence-corrected chi connectivity index (χ1v) is 14.1. The number of nitrogen functional groups attached to an aromatic ring is 1. The van der Waals surface area contributed by atoms with Crippen LogP contribution in [0, 0.1) is 5.41 Å². The summed E-state index contributed by atoms with van der Waals surface area (Å²) in [5, 5.41) is 12.9. The molecule has 2 heterocycles. The molecule has 1 fully saturated rings. The number of nitrogens with two attached hydrogens (primary N) is 1. The van der Waals surface area contributed by atoms with E-state index in [1.54, 1.807) is 25.1 Å². The summed E-state index contributed by atoms with van der Waals surface area (Å²) in [5.74, 6) is 0.645. The summed E-state index contributed by atoms with van der Waals surface area (Å²) < 4.78 is 41.3. The van der Waals surface area contributed by atoms with Crippen molar-refractivity contribution in [3.8, 4) is 5.75 Å². The normalized spacial score (nSPS) is 16.8. The van der Waals surface area contributed by atoms with Gasteiger partial charge in [0.1, 0.15) is 17.7 Å². The molecule has 3 aromatic carbocycles. The molecule has 5 rings (SSSR count). The van der Waals surface area contributed by atoms with Gasteiger partial charge in [-0.3, -0.25) is 5.41 Å². The zero-order chi connectivity index (χ0) is 26.9. The highest BCUT2D eigenvalue weighted by atomic mass is 35.5. The van der Waals surface area contributed by atoms with E-state index in [9.17, 15) is 13.2 Å². The number of benzene rings is 3. The van der Waals surface area contributed by atoms with Crippen LogP contribution in [0.5, 0.6) is 5.75 Å². The first-order chi connectivity index (χ1) is 18.2. The van der Waals surface area contributed by atoms with Crippen molar-refractivity contribution in [3.63, 3.8) is 0 Å². The van der Waals surface area contributed by atoms with Crippen LogP contribution in [0.1, 0.15) is 42.5 Å². The van der Waals surface area contributed by atoms with Crippen molar-refractivity contribution in [2.24, 2.45) is 5.73 Å². The molecule has 13 heteroatoms. The molecule has 0 saturated carbocycles. The number of nitrogens with zero attached hydrogens (tertiary/aromatic N) is 1. The number of amidine groups is 1. The van der Waals surface area contributed by atoms with Gasteiger partial charge in [0, 0.05) is 12.0 Å². The molecule has 1 unspecified atom stereocenters. The van der Waals surface area contributed by atoms with Gasteiger partial charge in [0.15, 0.2) is 0 Å². The Morgan fingerprint density at radius 3 is 2.50 bits per heavy atom. The Kier molecular flexibility index (Phi) is 10.1. The predicted octanol–water partition coefficient (Wildman–Crippen LogP) is 4.19. The number of anilines is 1. The Morgan fingerprint density at radius 1 is 1.07 bits per heavy atom. The van der Waals surface area contributed by atoms with E-state index in [1.165, 1.54) is 4.31 Å². The van der Waals surface area contributed by atoms with Crippen LogP contribution in [0.3, 0.4) is 0 Å². The minimum Gasteiger partial charge on any atom is -0.490 e. The molecule has 0 aromatic heterocycles. The minimum atomic E-state index is -4.30. The van der Waals surface area contributed by atoms with Crippen molar-refractivity contribution in [3.05, 3.63) is 71.3 Å². The van der Waals surface area contributed by atoms with Crippen molar-refractivity contribution in [2.75, 3.05) is 24.0 Å². The standard InChI is InChI=1S/C27H31N5O5S.2ClH/c1-2-36-27(33)31-38(34,35)32-24-8-7-23(37-22-9-11-30-12-10-22)15-21(24)16-25(32)18-5-3-17-4-6-19(26(28)29)14-20(17)13-18;;/h3-8,13-15,22,25,30H,2,9-12,16H2,1H3,(H3,28,29)(H,31,33);2*1H. The highest BCUT2D eigenvalue weighted by Crippen LogP contribution is 2.44. The van der Waals surface area contributed by atoms with Gasteiger partial charge in [-0.25, -0.2) is 13.8 Å². The highest BCUT2D eigenvalue weighted by molar-refractivity contribution is 7.91. The molecule has 40 heavy (non-hydrogen) atoms. The second kappa shape index (κ2) is 12.9. The van der Waals surface area contributed by atoms with Gasteiger partial charge in [0.2, 0.25) is 0 Å². The second-order valence-electron chi connectivity index (χ2n) is 9.44. The predicted molar refractivity (Wildman–Crippen MR) is 160 cm³/mol. The monoisotopic (exact) mass is 609 g/mol. The number of hydrogen-bond donors (Lipinski definition) is 4. The Morgan fingerprint density at radius 2 is 1.80 bits per heavy atom. The number of carbonyl (C=O) groups excluding carboxylic acids is 1. The molecule has 5 N–H and O–H groups in total. The average molecular weight is 611 g/mol. The van der Waals surface area contributed by atoms with Gasteiger partial charge in [-0.1, -0.05) is 24.3 Å². The van der Waals surface area contributed by atoms with Crippen molar-refractivity contribution in [2.45, 2.75) is 38.3 Å². The fourth-order valence-electron chi connectivity index (χ4n) is 5.08. The first kappa shape index (κ1) is 31.3. The molecule has 2 aliphatic heterocycles. The number of fused-ring (bicyclic) bond motifs is 2. The molecular weight excluding hydrogens is 577 g/mol. The van der Waals surface area contributed by atoms with Gasteiger partial charge < -0.3 is 20.5 Å². The van der Waals surface area contributed by atoms with E-state index >= 15 is 0 Å². The van der Waals surface area contributed by atoms with Gasteiger partial charge >= 0.3 is 16.3 Å². The van der Waals surface area contributed by atoms with Crippen LogP contribution >= 0.6 is 24.8 Å². The summed E-state index contributed by atoms with van der Waals surface area (Å²) in [5.41, 5.74) is 8.28.